The highest BCUT2D eigenvalue weighted by atomic mass is 16.4. The molecule has 4 atom stereocenters. The van der Waals surface area contributed by atoms with Crippen molar-refractivity contribution in [2.75, 3.05) is 13.2 Å². The number of amides is 3. The van der Waals surface area contributed by atoms with E-state index in [2.05, 4.69) is 15.6 Å². The van der Waals surface area contributed by atoms with Crippen LogP contribution in [0.3, 0.4) is 0 Å². The fourth-order valence-corrected chi connectivity index (χ4v) is 3.27. The molecule has 0 aliphatic heterocycles. The number of guanidine groups is 1. The van der Waals surface area contributed by atoms with Gasteiger partial charge >= 0.3 is 11.9 Å². The largest absolute Gasteiger partial charge is 0.508 e. The summed E-state index contributed by atoms with van der Waals surface area (Å²) in [4.78, 5) is 64.6. The highest BCUT2D eigenvalue weighted by Gasteiger charge is 2.30. The maximum atomic E-state index is 13.2. The number of carboxylic acids is 2. The van der Waals surface area contributed by atoms with Crippen LogP contribution in [0.5, 0.6) is 5.75 Å². The highest BCUT2D eigenvalue weighted by Crippen LogP contribution is 2.12. The third kappa shape index (κ3) is 12.6. The minimum atomic E-state index is -1.69. The summed E-state index contributed by atoms with van der Waals surface area (Å²) in [7, 11) is 0. The van der Waals surface area contributed by atoms with Crippen LogP contribution in [0.25, 0.3) is 0 Å². The minimum absolute atomic E-state index is 0.0335. The van der Waals surface area contributed by atoms with Crippen molar-refractivity contribution in [3.05, 3.63) is 29.8 Å². The molecular weight excluding hydrogens is 518 g/mol. The van der Waals surface area contributed by atoms with Gasteiger partial charge in [-0.3, -0.25) is 24.2 Å². The number of benzene rings is 1. The maximum Gasteiger partial charge on any atom is 0.328 e. The van der Waals surface area contributed by atoms with E-state index < -0.39 is 73.3 Å². The Morgan fingerprint density at radius 2 is 1.41 bits per heavy atom. The van der Waals surface area contributed by atoms with E-state index in [4.69, 9.17) is 27.4 Å². The monoisotopic (exact) mass is 553 g/mol. The first-order valence-electron chi connectivity index (χ1n) is 11.9. The van der Waals surface area contributed by atoms with Crippen LogP contribution in [-0.2, 0) is 30.4 Å². The molecule has 0 aliphatic carbocycles. The molecule has 0 aromatic heterocycles. The topological polar surface area (TPSA) is 293 Å². The summed E-state index contributed by atoms with van der Waals surface area (Å²) in [6.45, 7) is -0.715. The van der Waals surface area contributed by atoms with Crippen molar-refractivity contribution >= 4 is 35.6 Å². The number of carbonyl (C=O) groups excluding carboxylic acids is 3. The molecule has 16 heteroatoms. The summed E-state index contributed by atoms with van der Waals surface area (Å²) in [6, 6.07) is 0.215. The van der Waals surface area contributed by atoms with Crippen LogP contribution >= 0.6 is 0 Å². The van der Waals surface area contributed by atoms with Gasteiger partial charge in [-0.2, -0.15) is 0 Å². The molecule has 0 fully saturated rings. The Balaban J connectivity index is 3.09. The van der Waals surface area contributed by atoms with E-state index in [0.29, 0.717) is 12.0 Å². The molecule has 216 valence electrons. The van der Waals surface area contributed by atoms with Crippen LogP contribution in [0.15, 0.2) is 29.3 Å². The first-order valence-corrected chi connectivity index (χ1v) is 11.9. The van der Waals surface area contributed by atoms with Crippen molar-refractivity contribution in [2.24, 2.45) is 22.2 Å². The molecule has 0 aliphatic rings. The Morgan fingerprint density at radius 1 is 0.846 bits per heavy atom. The zero-order valence-corrected chi connectivity index (χ0v) is 21.1. The van der Waals surface area contributed by atoms with E-state index in [9.17, 15) is 34.2 Å². The second-order valence-corrected chi connectivity index (χ2v) is 8.56. The van der Waals surface area contributed by atoms with Gasteiger partial charge in [0.1, 0.15) is 23.9 Å². The average Bonchev–Trinajstić information content (AvgIpc) is 2.87. The number of carbonyl (C=O) groups is 5. The molecule has 3 amide bonds. The second kappa shape index (κ2) is 16.4. The molecule has 0 saturated heterocycles. The van der Waals surface area contributed by atoms with E-state index in [0.717, 1.165) is 0 Å². The molecule has 4 unspecified atom stereocenters. The van der Waals surface area contributed by atoms with Crippen LogP contribution < -0.4 is 33.2 Å². The number of aliphatic hydroxyl groups is 1. The summed E-state index contributed by atoms with van der Waals surface area (Å²) in [5.41, 5.74) is 17.0. The number of aliphatic carboxylic acids is 2. The van der Waals surface area contributed by atoms with Crippen molar-refractivity contribution in [3.63, 3.8) is 0 Å². The second-order valence-electron chi connectivity index (χ2n) is 8.56. The van der Waals surface area contributed by atoms with E-state index in [1.807, 2.05) is 5.32 Å². The third-order valence-corrected chi connectivity index (χ3v) is 5.39. The van der Waals surface area contributed by atoms with Crippen LogP contribution in [-0.4, -0.2) is 93.4 Å². The molecule has 1 aromatic carbocycles. The van der Waals surface area contributed by atoms with E-state index >= 15 is 0 Å². The van der Waals surface area contributed by atoms with Crippen molar-refractivity contribution < 1.29 is 44.4 Å². The highest BCUT2D eigenvalue weighted by molar-refractivity contribution is 5.94. The Morgan fingerprint density at radius 3 is 1.95 bits per heavy atom. The summed E-state index contributed by atoms with van der Waals surface area (Å²) >= 11 is 0. The smallest absolute Gasteiger partial charge is 0.328 e. The van der Waals surface area contributed by atoms with Crippen molar-refractivity contribution in [2.45, 2.75) is 56.3 Å². The lowest BCUT2D eigenvalue weighted by molar-refractivity contribution is -0.144. The number of rotatable bonds is 17. The summed E-state index contributed by atoms with van der Waals surface area (Å²) in [6.07, 6.45) is -0.508. The van der Waals surface area contributed by atoms with Crippen molar-refractivity contribution in [3.8, 4) is 5.75 Å². The lowest BCUT2D eigenvalue weighted by Crippen LogP contribution is -2.58. The lowest BCUT2D eigenvalue weighted by atomic mass is 10.0. The lowest BCUT2D eigenvalue weighted by Gasteiger charge is -2.25. The first-order chi connectivity index (χ1) is 18.3. The Bertz CT molecular complexity index is 1030. The number of aliphatic imine (C=N–C) groups is 1. The van der Waals surface area contributed by atoms with Gasteiger partial charge in [0.25, 0.3) is 0 Å². The maximum absolute atomic E-state index is 13.2. The van der Waals surface area contributed by atoms with Gasteiger partial charge in [-0.25, -0.2) is 4.79 Å². The SMILES string of the molecule is NC(N)=NCCCC(N)C(=O)NC(Cc1ccc(O)cc1)C(=O)NC(CCC(=O)O)C(=O)NC(CO)C(=O)O. The van der Waals surface area contributed by atoms with Gasteiger partial charge in [-0.05, 0) is 37.0 Å². The number of phenolic OH excluding ortho intramolecular Hbond substituents is 1. The molecule has 0 spiro atoms. The van der Waals surface area contributed by atoms with Gasteiger partial charge in [-0.15, -0.1) is 0 Å². The fourth-order valence-electron chi connectivity index (χ4n) is 3.27. The molecule has 39 heavy (non-hydrogen) atoms. The van der Waals surface area contributed by atoms with Crippen LogP contribution in [0.4, 0.5) is 0 Å². The Hall–Kier alpha value is -4.44. The Kier molecular flexibility index (Phi) is 13.7. The molecule has 0 saturated carbocycles. The molecule has 0 bridgehead atoms. The predicted molar refractivity (Wildman–Crippen MR) is 137 cm³/mol. The normalized spacial score (nSPS) is 13.7. The van der Waals surface area contributed by atoms with Crippen molar-refractivity contribution in [1.82, 2.24) is 16.0 Å². The van der Waals surface area contributed by atoms with E-state index in [1.54, 1.807) is 0 Å². The van der Waals surface area contributed by atoms with E-state index in [-0.39, 0.29) is 31.1 Å². The molecule has 0 heterocycles. The number of aromatic hydroxyl groups is 1. The van der Waals surface area contributed by atoms with Gasteiger partial charge in [0.15, 0.2) is 5.96 Å². The van der Waals surface area contributed by atoms with Gasteiger partial charge < -0.3 is 53.6 Å². The van der Waals surface area contributed by atoms with Crippen LogP contribution in [0.2, 0.25) is 0 Å². The summed E-state index contributed by atoms with van der Waals surface area (Å²) in [5.74, 6) is -5.60. The number of nitrogens with one attached hydrogen (secondary N) is 3. The van der Waals surface area contributed by atoms with Gasteiger partial charge in [-0.1, -0.05) is 12.1 Å². The predicted octanol–water partition coefficient (Wildman–Crippen LogP) is -3.29. The molecule has 1 rings (SSSR count). The van der Waals surface area contributed by atoms with E-state index in [1.165, 1.54) is 24.3 Å². The molecule has 16 nitrogen and oxygen atoms in total. The summed E-state index contributed by atoms with van der Waals surface area (Å²) in [5, 5.41) is 43.7. The number of carboxylic acid groups (broad SMARTS) is 2. The zero-order valence-electron chi connectivity index (χ0n) is 21.1. The average molecular weight is 554 g/mol. The number of hydrogen-bond donors (Lipinski definition) is 10. The number of aliphatic hydroxyl groups excluding tert-OH is 1. The molecule has 1 aromatic rings. The fraction of sp³-hybridized carbons (Fsp3) is 0.478. The number of nitrogens with two attached hydrogens (primary N) is 3. The quantitative estimate of drug-likeness (QED) is 0.0516. The van der Waals surface area contributed by atoms with Crippen LogP contribution in [0, 0.1) is 0 Å². The number of phenols is 1. The first kappa shape index (κ1) is 32.6. The molecular formula is C23H35N7O9. The van der Waals surface area contributed by atoms with Crippen LogP contribution in [0.1, 0.15) is 31.2 Å². The van der Waals surface area contributed by atoms with Gasteiger partial charge in [0.2, 0.25) is 17.7 Å². The minimum Gasteiger partial charge on any atom is -0.508 e. The van der Waals surface area contributed by atoms with Gasteiger partial charge in [0, 0.05) is 19.4 Å². The standard InChI is InChI=1S/C23H35N7O9/c24-14(2-1-9-27-23(25)26)19(35)29-16(10-12-3-5-13(32)6-4-12)21(37)28-15(7-8-18(33)34)20(36)30-17(11-31)22(38)39/h3-6,14-17,31-32H,1-2,7-11,24H2,(H,28,37)(H,29,35)(H,30,36)(H,33,34)(H,38,39)(H4,25,26,27). The number of nitrogens with zero attached hydrogens (tertiary/aromatic N) is 1. The summed E-state index contributed by atoms with van der Waals surface area (Å²) < 4.78 is 0. The molecule has 0 radical (unpaired) electrons. The third-order valence-electron chi connectivity index (χ3n) is 5.39. The zero-order chi connectivity index (χ0) is 29.5. The molecule has 13 N–H and O–H groups in total. The number of hydrogen-bond acceptors (Lipinski definition) is 9. The Labute approximate surface area is 223 Å². The van der Waals surface area contributed by atoms with Gasteiger partial charge in [0.05, 0.1) is 12.6 Å². The van der Waals surface area contributed by atoms with Crippen molar-refractivity contribution in [1.29, 1.82) is 0 Å².